The molecule has 0 aliphatic carbocycles. The number of para-hydroxylation sites is 2. The van der Waals surface area contributed by atoms with Crippen LogP contribution in [0.3, 0.4) is 0 Å². The Kier molecular flexibility index (Phi) is 2.84. The van der Waals surface area contributed by atoms with Gasteiger partial charge < -0.3 is 4.57 Å². The Morgan fingerprint density at radius 2 is 1.42 bits per heavy atom. The zero-order valence-corrected chi connectivity index (χ0v) is 10.7. The molecule has 3 nitrogen and oxygen atoms in total. The minimum absolute atomic E-state index is 0.0236. The monoisotopic (exact) mass is 271 g/mol. The highest BCUT2D eigenvalue weighted by molar-refractivity contribution is 6.63. The first-order chi connectivity index (χ1) is 9.18. The summed E-state index contributed by atoms with van der Waals surface area (Å²) >= 11 is 5.52. The van der Waals surface area contributed by atoms with Crippen molar-refractivity contribution in [3.05, 3.63) is 58.8 Å². The second-order valence-corrected chi connectivity index (χ2v) is 4.73. The van der Waals surface area contributed by atoms with Crippen LogP contribution in [0.4, 0.5) is 0 Å². The van der Waals surface area contributed by atoms with Gasteiger partial charge in [0.2, 0.25) is 5.24 Å². The second kappa shape index (κ2) is 4.52. The van der Waals surface area contributed by atoms with Gasteiger partial charge in [0.05, 0.1) is 17.6 Å². The molecule has 4 heteroatoms. The average molecular weight is 272 g/mol. The van der Waals surface area contributed by atoms with Crippen LogP contribution in [-0.4, -0.2) is 9.81 Å². The number of hydrogen-bond acceptors (Lipinski definition) is 2. The molecule has 1 heterocycles. The van der Waals surface area contributed by atoms with E-state index in [-0.39, 0.29) is 12.0 Å². The van der Waals surface area contributed by atoms with Gasteiger partial charge in [-0.15, -0.1) is 0 Å². The van der Waals surface area contributed by atoms with Gasteiger partial charge in [0.25, 0.3) is 0 Å². The number of fused-ring (bicyclic) bond motifs is 2. The normalized spacial score (nSPS) is 11.0. The van der Waals surface area contributed by atoms with Gasteiger partial charge in [-0.2, -0.15) is 0 Å². The van der Waals surface area contributed by atoms with E-state index < -0.39 is 5.24 Å². The summed E-state index contributed by atoms with van der Waals surface area (Å²) in [7, 11) is 0. The van der Waals surface area contributed by atoms with Gasteiger partial charge >= 0.3 is 0 Å². The Hall–Kier alpha value is -2.13. The first-order valence-corrected chi connectivity index (χ1v) is 6.25. The summed E-state index contributed by atoms with van der Waals surface area (Å²) in [4.78, 5) is 23.6. The van der Waals surface area contributed by atoms with Crippen LogP contribution in [0.25, 0.3) is 21.8 Å². The quantitative estimate of drug-likeness (QED) is 0.531. The fourth-order valence-electron chi connectivity index (χ4n) is 2.37. The summed E-state index contributed by atoms with van der Waals surface area (Å²) in [6.07, 6.45) is 0. The fourth-order valence-corrected chi connectivity index (χ4v) is 2.49. The first kappa shape index (κ1) is 11.9. The molecule has 0 atom stereocenters. The molecular weight excluding hydrogens is 262 g/mol. The second-order valence-electron chi connectivity index (χ2n) is 4.30. The molecule has 0 saturated heterocycles. The molecule has 0 fully saturated rings. The zero-order valence-electron chi connectivity index (χ0n) is 9.97. The SMILES string of the molecule is O=C(Cl)Cn1c2ccccc2c(=O)c2ccccc21. The minimum Gasteiger partial charge on any atom is -0.331 e. The van der Waals surface area contributed by atoms with Crippen LogP contribution in [0, 0.1) is 0 Å². The van der Waals surface area contributed by atoms with E-state index in [4.69, 9.17) is 11.6 Å². The summed E-state index contributed by atoms with van der Waals surface area (Å²) < 4.78 is 1.78. The largest absolute Gasteiger partial charge is 0.331 e. The molecule has 0 spiro atoms. The number of halogens is 1. The topological polar surface area (TPSA) is 39.1 Å². The Morgan fingerprint density at radius 1 is 0.947 bits per heavy atom. The smallest absolute Gasteiger partial charge is 0.241 e. The Bertz CT molecular complexity index is 792. The van der Waals surface area contributed by atoms with Crippen molar-refractivity contribution in [2.75, 3.05) is 0 Å². The third-order valence-corrected chi connectivity index (χ3v) is 3.28. The lowest BCUT2D eigenvalue weighted by molar-refractivity contribution is -0.112. The van der Waals surface area contributed by atoms with Crippen molar-refractivity contribution in [2.45, 2.75) is 6.54 Å². The Labute approximate surface area is 114 Å². The number of carbonyl (C=O) groups excluding carboxylic acids is 1. The summed E-state index contributed by atoms with van der Waals surface area (Å²) in [5, 5.41) is 0.734. The number of nitrogens with zero attached hydrogens (tertiary/aromatic N) is 1. The number of benzene rings is 2. The summed E-state index contributed by atoms with van der Waals surface area (Å²) in [5.41, 5.74) is 1.42. The van der Waals surface area contributed by atoms with Gasteiger partial charge in [0.1, 0.15) is 0 Å². The average Bonchev–Trinajstić information content (AvgIpc) is 2.43. The van der Waals surface area contributed by atoms with E-state index in [0.717, 1.165) is 11.0 Å². The van der Waals surface area contributed by atoms with E-state index in [1.807, 2.05) is 36.4 Å². The van der Waals surface area contributed by atoms with Crippen LogP contribution in [0.2, 0.25) is 0 Å². The molecule has 94 valence electrons. The van der Waals surface area contributed by atoms with Gasteiger partial charge in [-0.25, -0.2) is 0 Å². The lowest BCUT2D eigenvalue weighted by Crippen LogP contribution is -2.13. The van der Waals surface area contributed by atoms with Crippen molar-refractivity contribution in [3.8, 4) is 0 Å². The van der Waals surface area contributed by atoms with Crippen LogP contribution >= 0.6 is 11.6 Å². The van der Waals surface area contributed by atoms with E-state index in [9.17, 15) is 9.59 Å². The third kappa shape index (κ3) is 1.92. The Morgan fingerprint density at radius 3 is 1.89 bits per heavy atom. The van der Waals surface area contributed by atoms with E-state index in [2.05, 4.69) is 0 Å². The van der Waals surface area contributed by atoms with Crippen LogP contribution in [0.1, 0.15) is 0 Å². The molecule has 0 bridgehead atoms. The van der Waals surface area contributed by atoms with E-state index in [1.54, 1.807) is 16.7 Å². The zero-order chi connectivity index (χ0) is 13.4. The number of rotatable bonds is 2. The Balaban J connectivity index is 2.56. The summed E-state index contributed by atoms with van der Waals surface area (Å²) in [6, 6.07) is 14.5. The van der Waals surface area contributed by atoms with Gasteiger partial charge in [-0.3, -0.25) is 9.59 Å². The van der Waals surface area contributed by atoms with E-state index in [0.29, 0.717) is 10.8 Å². The molecule has 3 rings (SSSR count). The van der Waals surface area contributed by atoms with Gasteiger partial charge in [0.15, 0.2) is 5.43 Å². The summed E-state index contributed by atoms with van der Waals surface area (Å²) in [5.74, 6) is 0. The predicted octanol–water partition coefficient (Wildman–Crippen LogP) is 2.92. The van der Waals surface area contributed by atoms with Crippen molar-refractivity contribution in [1.29, 1.82) is 0 Å². The molecule has 3 aromatic rings. The fraction of sp³-hybridized carbons (Fsp3) is 0.0667. The lowest BCUT2D eigenvalue weighted by Gasteiger charge is -2.12. The highest BCUT2D eigenvalue weighted by atomic mass is 35.5. The molecule has 0 saturated carbocycles. The molecule has 0 radical (unpaired) electrons. The molecule has 0 amide bonds. The summed E-state index contributed by atoms with van der Waals surface area (Å²) in [6.45, 7) is 0.0445. The molecule has 1 aromatic heterocycles. The molecule has 19 heavy (non-hydrogen) atoms. The van der Waals surface area contributed by atoms with E-state index >= 15 is 0 Å². The standard InChI is InChI=1S/C15H10ClNO2/c16-14(18)9-17-12-7-3-1-5-10(12)15(19)11-6-2-4-8-13(11)17/h1-8H,9H2. The van der Waals surface area contributed by atoms with Crippen LogP contribution in [-0.2, 0) is 11.3 Å². The molecule has 0 N–H and O–H groups in total. The number of aromatic nitrogens is 1. The molecule has 0 aliphatic rings. The van der Waals surface area contributed by atoms with Crippen molar-refractivity contribution < 1.29 is 4.79 Å². The maximum absolute atomic E-state index is 12.4. The van der Waals surface area contributed by atoms with Gasteiger partial charge in [-0.05, 0) is 35.9 Å². The maximum atomic E-state index is 12.4. The lowest BCUT2D eigenvalue weighted by atomic mass is 10.1. The molecular formula is C15H10ClNO2. The number of pyridine rings is 1. The minimum atomic E-state index is -0.459. The van der Waals surface area contributed by atoms with E-state index in [1.165, 1.54) is 0 Å². The van der Waals surface area contributed by atoms with Crippen molar-refractivity contribution in [2.24, 2.45) is 0 Å². The van der Waals surface area contributed by atoms with Crippen LogP contribution < -0.4 is 5.43 Å². The first-order valence-electron chi connectivity index (χ1n) is 5.87. The van der Waals surface area contributed by atoms with Crippen molar-refractivity contribution in [1.82, 2.24) is 4.57 Å². The molecule has 0 unspecified atom stereocenters. The van der Waals surface area contributed by atoms with Crippen molar-refractivity contribution in [3.63, 3.8) is 0 Å². The maximum Gasteiger partial charge on any atom is 0.241 e. The number of carbonyl (C=O) groups is 1. The predicted molar refractivity (Wildman–Crippen MR) is 76.6 cm³/mol. The third-order valence-electron chi connectivity index (χ3n) is 3.16. The van der Waals surface area contributed by atoms with Gasteiger partial charge in [-0.1, -0.05) is 24.3 Å². The number of hydrogen-bond donors (Lipinski definition) is 0. The highest BCUT2D eigenvalue weighted by Gasteiger charge is 2.11. The van der Waals surface area contributed by atoms with Crippen LogP contribution in [0.15, 0.2) is 53.3 Å². The van der Waals surface area contributed by atoms with Crippen LogP contribution in [0.5, 0.6) is 0 Å². The van der Waals surface area contributed by atoms with Gasteiger partial charge in [0, 0.05) is 10.8 Å². The van der Waals surface area contributed by atoms with Crippen molar-refractivity contribution >= 4 is 38.6 Å². The molecule has 0 aliphatic heterocycles. The highest BCUT2D eigenvalue weighted by Crippen LogP contribution is 2.19. The molecule has 2 aromatic carbocycles.